The molecule has 2 aliphatic heterocycles. The molecule has 1 aromatic rings. The van der Waals surface area contributed by atoms with E-state index in [-0.39, 0.29) is 50.0 Å². The number of hydrogen-bond acceptors (Lipinski definition) is 5. The largest absolute Gasteiger partial charge is 0.395 e. The SMILES string of the molecule is CC(C)[C@H]1C(=O)N(CCO)C[C@H]2N1C(=O)CN(C)N2C(=O)NCc1ccccc1. The summed E-state index contributed by atoms with van der Waals surface area (Å²) >= 11 is 0. The Labute approximate surface area is 170 Å². The van der Waals surface area contributed by atoms with Crippen molar-refractivity contribution in [1.29, 1.82) is 0 Å². The van der Waals surface area contributed by atoms with E-state index in [9.17, 15) is 19.5 Å². The van der Waals surface area contributed by atoms with Crippen molar-refractivity contribution in [3.05, 3.63) is 35.9 Å². The molecule has 0 saturated carbocycles. The average molecular weight is 403 g/mol. The summed E-state index contributed by atoms with van der Waals surface area (Å²) in [5.41, 5.74) is 0.967. The van der Waals surface area contributed by atoms with Crippen molar-refractivity contribution in [3.63, 3.8) is 0 Å². The van der Waals surface area contributed by atoms with Gasteiger partial charge in [-0.15, -0.1) is 0 Å². The van der Waals surface area contributed by atoms with Crippen molar-refractivity contribution in [1.82, 2.24) is 25.1 Å². The van der Waals surface area contributed by atoms with E-state index in [0.717, 1.165) is 5.56 Å². The van der Waals surface area contributed by atoms with Crippen LogP contribution >= 0.6 is 0 Å². The Hall–Kier alpha value is -2.65. The first kappa shape index (κ1) is 21.1. The number of carbonyl (C=O) groups is 3. The van der Waals surface area contributed by atoms with Crippen LogP contribution in [-0.4, -0.2) is 88.3 Å². The molecule has 3 rings (SSSR count). The Morgan fingerprint density at radius 3 is 2.55 bits per heavy atom. The van der Waals surface area contributed by atoms with Crippen LogP contribution in [0.5, 0.6) is 0 Å². The molecule has 2 fully saturated rings. The molecule has 0 spiro atoms. The second-order valence-electron chi connectivity index (χ2n) is 7.78. The lowest BCUT2D eigenvalue weighted by Gasteiger charge is -2.55. The van der Waals surface area contributed by atoms with Crippen molar-refractivity contribution in [2.75, 3.05) is 33.3 Å². The summed E-state index contributed by atoms with van der Waals surface area (Å²) in [6.07, 6.45) is -0.617. The van der Waals surface area contributed by atoms with E-state index >= 15 is 0 Å². The summed E-state index contributed by atoms with van der Waals surface area (Å²) in [4.78, 5) is 41.9. The van der Waals surface area contributed by atoms with Gasteiger partial charge in [-0.2, -0.15) is 0 Å². The van der Waals surface area contributed by atoms with Gasteiger partial charge in [0.15, 0.2) is 0 Å². The molecule has 1 aromatic carbocycles. The summed E-state index contributed by atoms with van der Waals surface area (Å²) in [6, 6.07) is 8.57. The van der Waals surface area contributed by atoms with Gasteiger partial charge in [-0.3, -0.25) is 9.59 Å². The lowest BCUT2D eigenvalue weighted by atomic mass is 9.96. The van der Waals surface area contributed by atoms with Crippen LogP contribution in [0.4, 0.5) is 4.79 Å². The molecule has 4 amide bonds. The summed E-state index contributed by atoms with van der Waals surface area (Å²) in [5.74, 6) is -0.485. The van der Waals surface area contributed by atoms with Crippen molar-refractivity contribution in [2.24, 2.45) is 5.92 Å². The number of β-amino-alcohol motifs (C(OH)–C–C–N with tert-alkyl or cyclic N) is 1. The number of rotatable bonds is 5. The highest BCUT2D eigenvalue weighted by Crippen LogP contribution is 2.28. The molecule has 9 nitrogen and oxygen atoms in total. The third kappa shape index (κ3) is 4.20. The van der Waals surface area contributed by atoms with E-state index in [1.807, 2.05) is 44.2 Å². The minimum Gasteiger partial charge on any atom is -0.395 e. The maximum Gasteiger partial charge on any atom is 0.334 e. The first-order chi connectivity index (χ1) is 13.8. The fraction of sp³-hybridized carbons (Fsp3) is 0.550. The number of amides is 4. The number of carbonyl (C=O) groups excluding carboxylic acids is 3. The van der Waals surface area contributed by atoms with Gasteiger partial charge in [-0.05, 0) is 11.5 Å². The fourth-order valence-corrected chi connectivity index (χ4v) is 4.04. The van der Waals surface area contributed by atoms with E-state index < -0.39 is 12.2 Å². The Balaban J connectivity index is 1.85. The van der Waals surface area contributed by atoms with Crippen LogP contribution in [0.25, 0.3) is 0 Å². The zero-order chi connectivity index (χ0) is 21.1. The maximum absolute atomic E-state index is 13.0. The van der Waals surface area contributed by atoms with E-state index in [2.05, 4.69) is 5.32 Å². The van der Waals surface area contributed by atoms with Crippen LogP contribution in [0.2, 0.25) is 0 Å². The molecule has 2 aliphatic rings. The highest BCUT2D eigenvalue weighted by molar-refractivity contribution is 5.91. The molecule has 2 N–H and O–H groups in total. The molecule has 0 radical (unpaired) electrons. The first-order valence-electron chi connectivity index (χ1n) is 9.88. The summed E-state index contributed by atoms with van der Waals surface area (Å²) in [5, 5.41) is 15.4. The molecule has 2 atom stereocenters. The number of likely N-dealkylation sites (N-methyl/N-ethyl adjacent to an activating group) is 1. The van der Waals surface area contributed by atoms with Gasteiger partial charge in [0.25, 0.3) is 0 Å². The van der Waals surface area contributed by atoms with E-state index in [1.165, 1.54) is 9.91 Å². The van der Waals surface area contributed by atoms with E-state index in [4.69, 9.17) is 0 Å². The third-order valence-electron chi connectivity index (χ3n) is 5.37. The number of urea groups is 1. The van der Waals surface area contributed by atoms with Crippen LogP contribution in [-0.2, 0) is 16.1 Å². The number of nitrogens with zero attached hydrogens (tertiary/aromatic N) is 4. The van der Waals surface area contributed by atoms with E-state index in [0.29, 0.717) is 6.54 Å². The first-order valence-corrected chi connectivity index (χ1v) is 9.88. The fourth-order valence-electron chi connectivity index (χ4n) is 4.04. The number of aliphatic hydroxyl groups excluding tert-OH is 1. The number of hydrazine groups is 1. The van der Waals surface area contributed by atoms with Crippen molar-refractivity contribution in [2.45, 2.75) is 32.6 Å². The number of hydrogen-bond donors (Lipinski definition) is 2. The molecular weight excluding hydrogens is 374 g/mol. The average Bonchev–Trinajstić information content (AvgIpc) is 2.68. The Kier molecular flexibility index (Phi) is 6.39. The molecule has 29 heavy (non-hydrogen) atoms. The Bertz CT molecular complexity index is 756. The van der Waals surface area contributed by atoms with Gasteiger partial charge in [-0.25, -0.2) is 14.8 Å². The van der Waals surface area contributed by atoms with Crippen LogP contribution in [0.1, 0.15) is 19.4 Å². The normalized spacial score (nSPS) is 22.9. The molecule has 158 valence electrons. The number of piperazine rings is 1. The lowest BCUT2D eigenvalue weighted by molar-refractivity contribution is -0.190. The molecule has 0 aliphatic carbocycles. The number of nitrogens with one attached hydrogen (secondary N) is 1. The monoisotopic (exact) mass is 403 g/mol. The summed E-state index contributed by atoms with van der Waals surface area (Å²) in [6.45, 7) is 4.30. The quantitative estimate of drug-likeness (QED) is 0.726. The highest BCUT2D eigenvalue weighted by atomic mass is 16.3. The molecule has 0 aromatic heterocycles. The predicted molar refractivity (Wildman–Crippen MR) is 106 cm³/mol. The standard InChI is InChI=1S/C20H29N5O4/c1-14(2)18-19(28)23(9-10-26)12-16-24(18)17(27)13-22(3)25(16)20(29)21-11-15-7-5-4-6-8-15/h4-8,14,16,18,26H,9-13H2,1-3H3,(H,21,29)/t16-,18-/m0/s1. The van der Waals surface area contributed by atoms with Crippen LogP contribution in [0.3, 0.4) is 0 Å². The lowest BCUT2D eigenvalue weighted by Crippen LogP contribution is -2.76. The smallest absolute Gasteiger partial charge is 0.334 e. The summed E-state index contributed by atoms with van der Waals surface area (Å²) < 4.78 is 0. The van der Waals surface area contributed by atoms with Crippen LogP contribution in [0.15, 0.2) is 30.3 Å². The molecule has 9 heteroatoms. The third-order valence-corrected chi connectivity index (χ3v) is 5.37. The second kappa shape index (κ2) is 8.79. The van der Waals surface area contributed by atoms with Gasteiger partial charge in [0.2, 0.25) is 11.8 Å². The number of aliphatic hydroxyl groups is 1. The topological polar surface area (TPSA) is 96.4 Å². The van der Waals surface area contributed by atoms with Gasteiger partial charge in [-0.1, -0.05) is 44.2 Å². The van der Waals surface area contributed by atoms with Gasteiger partial charge >= 0.3 is 6.03 Å². The van der Waals surface area contributed by atoms with Gasteiger partial charge in [0.05, 0.1) is 19.7 Å². The minimum atomic E-state index is -0.661. The van der Waals surface area contributed by atoms with E-state index in [1.54, 1.807) is 17.0 Å². The van der Waals surface area contributed by atoms with Crippen molar-refractivity contribution < 1.29 is 19.5 Å². The zero-order valence-electron chi connectivity index (χ0n) is 17.1. The van der Waals surface area contributed by atoms with Crippen LogP contribution in [0, 0.1) is 5.92 Å². The molecule has 2 saturated heterocycles. The number of fused-ring (bicyclic) bond motifs is 1. The number of benzene rings is 1. The minimum absolute atomic E-state index is 0.0196. The summed E-state index contributed by atoms with van der Waals surface area (Å²) in [7, 11) is 1.69. The predicted octanol–water partition coefficient (Wildman–Crippen LogP) is 0.0724. The molecular formula is C20H29N5O4. The van der Waals surface area contributed by atoms with Gasteiger partial charge in [0.1, 0.15) is 12.2 Å². The van der Waals surface area contributed by atoms with Crippen molar-refractivity contribution >= 4 is 17.8 Å². The zero-order valence-corrected chi connectivity index (χ0v) is 17.1. The maximum atomic E-state index is 13.0. The second-order valence-corrected chi connectivity index (χ2v) is 7.78. The van der Waals surface area contributed by atoms with Crippen LogP contribution < -0.4 is 5.32 Å². The van der Waals surface area contributed by atoms with Gasteiger partial charge in [0, 0.05) is 20.1 Å². The molecule has 0 unspecified atom stereocenters. The highest BCUT2D eigenvalue weighted by Gasteiger charge is 2.51. The van der Waals surface area contributed by atoms with Gasteiger partial charge < -0.3 is 20.2 Å². The molecule has 2 heterocycles. The van der Waals surface area contributed by atoms with Crippen molar-refractivity contribution in [3.8, 4) is 0 Å². The molecule has 0 bridgehead atoms. The Morgan fingerprint density at radius 2 is 1.93 bits per heavy atom. The Morgan fingerprint density at radius 1 is 1.24 bits per heavy atom.